The second-order valence-corrected chi connectivity index (χ2v) is 9.49. The average molecular weight is 463 g/mol. The van der Waals surface area contributed by atoms with Gasteiger partial charge in [-0.2, -0.15) is 0 Å². The first-order valence-corrected chi connectivity index (χ1v) is 11.6. The van der Waals surface area contributed by atoms with Gasteiger partial charge in [0.05, 0.1) is 27.8 Å². The maximum Gasteiger partial charge on any atom is 0.268 e. The van der Waals surface area contributed by atoms with Gasteiger partial charge in [0.2, 0.25) is 5.91 Å². The smallest absolute Gasteiger partial charge is 0.268 e. The Labute approximate surface area is 188 Å². The molecule has 2 N–H and O–H groups in total. The van der Waals surface area contributed by atoms with Crippen LogP contribution in [0.15, 0.2) is 84.1 Å². The number of hydrogen-bond donors (Lipinski definition) is 1. The van der Waals surface area contributed by atoms with Crippen molar-refractivity contribution < 1.29 is 17.6 Å². The number of carbonyl (C=O) groups is 1. The van der Waals surface area contributed by atoms with Gasteiger partial charge in [0, 0.05) is 30.1 Å². The Morgan fingerprint density at radius 3 is 2.55 bits per heavy atom. The van der Waals surface area contributed by atoms with Gasteiger partial charge >= 0.3 is 0 Å². The number of nitrogens with zero attached hydrogens (tertiary/aromatic N) is 3. The quantitative estimate of drug-likeness (QED) is 0.413. The summed E-state index contributed by atoms with van der Waals surface area (Å²) >= 11 is 0. The highest BCUT2D eigenvalue weighted by atomic mass is 32.2. The van der Waals surface area contributed by atoms with Crippen molar-refractivity contribution in [3.8, 4) is 11.1 Å². The number of benzene rings is 3. The SMILES string of the molecule is NC(=O)CCn1cnc2cc(-c3cn(S(=O)(=O)c4ccccc4)c4cc(F)ccc34)ccc21. The van der Waals surface area contributed by atoms with Crippen LogP contribution in [0.2, 0.25) is 0 Å². The second-order valence-electron chi connectivity index (χ2n) is 7.68. The van der Waals surface area contributed by atoms with Crippen LogP contribution in [0, 0.1) is 5.82 Å². The van der Waals surface area contributed by atoms with Crippen LogP contribution in [0.5, 0.6) is 0 Å². The zero-order valence-electron chi connectivity index (χ0n) is 17.3. The number of imidazole rings is 1. The number of carbonyl (C=O) groups excluding carboxylic acids is 1. The molecule has 0 fully saturated rings. The fourth-order valence-electron chi connectivity index (χ4n) is 3.95. The highest BCUT2D eigenvalue weighted by Crippen LogP contribution is 2.34. The zero-order valence-corrected chi connectivity index (χ0v) is 18.2. The molecule has 3 aromatic carbocycles. The molecule has 0 radical (unpaired) electrons. The lowest BCUT2D eigenvalue weighted by molar-refractivity contribution is -0.118. The van der Waals surface area contributed by atoms with Crippen molar-refractivity contribution in [3.05, 3.63) is 85.1 Å². The van der Waals surface area contributed by atoms with E-state index in [0.717, 1.165) is 15.1 Å². The third-order valence-corrected chi connectivity index (χ3v) is 7.25. The molecule has 0 aliphatic rings. The molecular weight excluding hydrogens is 443 g/mol. The molecule has 7 nitrogen and oxygen atoms in total. The van der Waals surface area contributed by atoms with E-state index in [4.69, 9.17) is 5.73 Å². The highest BCUT2D eigenvalue weighted by Gasteiger charge is 2.22. The molecule has 0 atom stereocenters. The van der Waals surface area contributed by atoms with Crippen LogP contribution < -0.4 is 5.73 Å². The zero-order chi connectivity index (χ0) is 23.2. The summed E-state index contributed by atoms with van der Waals surface area (Å²) in [6.45, 7) is 0.416. The van der Waals surface area contributed by atoms with Gasteiger partial charge in [-0.1, -0.05) is 24.3 Å². The summed E-state index contributed by atoms with van der Waals surface area (Å²) in [4.78, 5) is 15.6. The van der Waals surface area contributed by atoms with Crippen molar-refractivity contribution in [3.63, 3.8) is 0 Å². The molecular formula is C24H19FN4O3S. The topological polar surface area (TPSA) is 100.0 Å². The standard InChI is InChI=1S/C24H19FN4O3S/c25-17-7-8-19-20(14-29(23(19)13-17)33(31,32)18-4-2-1-3-5-18)16-6-9-22-21(12-16)27-15-28(22)11-10-24(26)30/h1-9,12-15H,10-11H2,(H2,26,30). The van der Waals surface area contributed by atoms with E-state index in [9.17, 15) is 17.6 Å². The van der Waals surface area contributed by atoms with Crippen molar-refractivity contribution >= 4 is 37.9 Å². The van der Waals surface area contributed by atoms with Crippen LogP contribution in [0.4, 0.5) is 4.39 Å². The van der Waals surface area contributed by atoms with E-state index in [1.807, 2.05) is 22.8 Å². The number of aromatic nitrogens is 3. The van der Waals surface area contributed by atoms with Crippen LogP contribution >= 0.6 is 0 Å². The van der Waals surface area contributed by atoms with Crippen LogP contribution in [-0.2, 0) is 21.4 Å². The highest BCUT2D eigenvalue weighted by molar-refractivity contribution is 7.90. The van der Waals surface area contributed by atoms with E-state index < -0.39 is 21.7 Å². The molecule has 0 saturated carbocycles. The average Bonchev–Trinajstić information content (AvgIpc) is 3.39. The van der Waals surface area contributed by atoms with Crippen LogP contribution in [0.25, 0.3) is 33.1 Å². The van der Waals surface area contributed by atoms with E-state index in [-0.39, 0.29) is 16.8 Å². The molecule has 5 rings (SSSR count). The fraction of sp³-hybridized carbons (Fsp3) is 0.0833. The summed E-state index contributed by atoms with van der Waals surface area (Å²) in [6, 6.07) is 17.7. The van der Waals surface area contributed by atoms with Gasteiger partial charge < -0.3 is 10.3 Å². The summed E-state index contributed by atoms with van der Waals surface area (Å²) < 4.78 is 43.7. The van der Waals surface area contributed by atoms with Crippen molar-refractivity contribution in [1.29, 1.82) is 0 Å². The molecule has 9 heteroatoms. The minimum absolute atomic E-state index is 0.112. The summed E-state index contributed by atoms with van der Waals surface area (Å²) in [6.07, 6.45) is 3.34. The van der Waals surface area contributed by atoms with Crippen LogP contribution in [0.1, 0.15) is 6.42 Å². The van der Waals surface area contributed by atoms with Gasteiger partial charge in [-0.25, -0.2) is 21.8 Å². The lowest BCUT2D eigenvalue weighted by Crippen LogP contribution is -2.13. The summed E-state index contributed by atoms with van der Waals surface area (Å²) in [7, 11) is -3.94. The lowest BCUT2D eigenvalue weighted by atomic mass is 10.0. The third-order valence-electron chi connectivity index (χ3n) is 5.56. The molecule has 2 aromatic heterocycles. The first-order chi connectivity index (χ1) is 15.8. The molecule has 2 heterocycles. The van der Waals surface area contributed by atoms with Crippen LogP contribution in [0.3, 0.4) is 0 Å². The van der Waals surface area contributed by atoms with Gasteiger partial charge in [-0.15, -0.1) is 0 Å². The molecule has 0 unspecified atom stereocenters. The predicted molar refractivity (Wildman–Crippen MR) is 123 cm³/mol. The number of primary amides is 1. The maximum atomic E-state index is 14.1. The van der Waals surface area contributed by atoms with E-state index in [1.165, 1.54) is 30.5 Å². The molecule has 0 saturated heterocycles. The van der Waals surface area contributed by atoms with Gasteiger partial charge in [-0.3, -0.25) is 4.79 Å². The molecule has 166 valence electrons. The minimum Gasteiger partial charge on any atom is -0.370 e. The van der Waals surface area contributed by atoms with E-state index in [1.54, 1.807) is 30.6 Å². The van der Waals surface area contributed by atoms with Gasteiger partial charge in [-0.05, 0) is 48.0 Å². The first-order valence-electron chi connectivity index (χ1n) is 10.2. The number of hydrogen-bond acceptors (Lipinski definition) is 4. The lowest BCUT2D eigenvalue weighted by Gasteiger charge is -2.07. The van der Waals surface area contributed by atoms with E-state index in [0.29, 0.717) is 23.0 Å². The van der Waals surface area contributed by atoms with Crippen molar-refractivity contribution in [2.24, 2.45) is 5.73 Å². The Balaban J connectivity index is 1.66. The summed E-state index contributed by atoms with van der Waals surface area (Å²) in [5.41, 5.74) is 8.38. The van der Waals surface area contributed by atoms with E-state index in [2.05, 4.69) is 4.98 Å². The molecule has 0 spiro atoms. The molecule has 0 aliphatic heterocycles. The molecule has 1 amide bonds. The van der Waals surface area contributed by atoms with Crippen molar-refractivity contribution in [1.82, 2.24) is 13.5 Å². The number of aryl methyl sites for hydroxylation is 1. The Bertz CT molecular complexity index is 1620. The number of nitrogens with two attached hydrogens (primary N) is 1. The van der Waals surface area contributed by atoms with Gasteiger partial charge in [0.1, 0.15) is 5.82 Å². The predicted octanol–water partition coefficient (Wildman–Crippen LogP) is 3.91. The number of fused-ring (bicyclic) bond motifs is 2. The molecule has 0 aliphatic carbocycles. The summed E-state index contributed by atoms with van der Waals surface area (Å²) in [5, 5.41) is 0.600. The molecule has 33 heavy (non-hydrogen) atoms. The maximum absolute atomic E-state index is 14.1. The monoisotopic (exact) mass is 462 g/mol. The van der Waals surface area contributed by atoms with Crippen molar-refractivity contribution in [2.45, 2.75) is 17.9 Å². The fourth-order valence-corrected chi connectivity index (χ4v) is 5.33. The van der Waals surface area contributed by atoms with E-state index >= 15 is 0 Å². The Morgan fingerprint density at radius 2 is 1.79 bits per heavy atom. The first kappa shape index (κ1) is 20.9. The Morgan fingerprint density at radius 1 is 1.00 bits per heavy atom. The molecule has 0 bridgehead atoms. The van der Waals surface area contributed by atoms with Crippen LogP contribution in [-0.4, -0.2) is 27.8 Å². The van der Waals surface area contributed by atoms with Gasteiger partial charge in [0.25, 0.3) is 10.0 Å². The second kappa shape index (κ2) is 7.86. The Kier molecular flexibility index (Phi) is 4.98. The third kappa shape index (κ3) is 3.66. The molecule has 5 aromatic rings. The number of halogens is 1. The minimum atomic E-state index is -3.94. The Hall–Kier alpha value is -3.98. The number of rotatable bonds is 6. The normalized spacial score (nSPS) is 11.9. The van der Waals surface area contributed by atoms with Gasteiger partial charge in [0.15, 0.2) is 0 Å². The van der Waals surface area contributed by atoms with Crippen molar-refractivity contribution in [2.75, 3.05) is 0 Å². The number of amides is 1. The largest absolute Gasteiger partial charge is 0.370 e. The summed E-state index contributed by atoms with van der Waals surface area (Å²) in [5.74, 6) is -0.923.